The van der Waals surface area contributed by atoms with Crippen molar-refractivity contribution in [2.24, 2.45) is 5.73 Å². The highest BCUT2D eigenvalue weighted by Crippen LogP contribution is 2.35. The normalized spacial score (nSPS) is 17.6. The number of amidine groups is 1. The van der Waals surface area contributed by atoms with E-state index in [4.69, 9.17) is 11.1 Å². The van der Waals surface area contributed by atoms with Crippen LogP contribution in [-0.4, -0.2) is 58.3 Å². The van der Waals surface area contributed by atoms with Gasteiger partial charge in [-0.25, -0.2) is 0 Å². The number of carboxylic acids is 1. The molecule has 1 aliphatic heterocycles. The van der Waals surface area contributed by atoms with E-state index in [-0.39, 0.29) is 24.2 Å². The molecule has 0 spiro atoms. The van der Waals surface area contributed by atoms with Crippen LogP contribution in [0, 0.1) is 5.41 Å². The first-order valence-corrected chi connectivity index (χ1v) is 13.6. The zero-order chi connectivity index (χ0) is 28.0. The minimum atomic E-state index is -1.10. The summed E-state index contributed by atoms with van der Waals surface area (Å²) < 4.78 is 0. The van der Waals surface area contributed by atoms with Crippen LogP contribution in [0.5, 0.6) is 0 Å². The molecule has 0 aliphatic carbocycles. The number of nitrogen functional groups attached to an aromatic ring is 1. The molecule has 1 aromatic heterocycles. The molecule has 1 fully saturated rings. The number of carboxylic acid groups (broad SMARTS) is 1. The Morgan fingerprint density at radius 1 is 1.05 bits per heavy atom. The molecule has 2 aromatic carbocycles. The molecule has 1 saturated heterocycles. The van der Waals surface area contributed by atoms with Gasteiger partial charge in [0.25, 0.3) is 0 Å². The van der Waals surface area contributed by atoms with Crippen LogP contribution in [0.15, 0.2) is 72.8 Å². The minimum absolute atomic E-state index is 0.0246. The summed E-state index contributed by atoms with van der Waals surface area (Å²) in [6.45, 7) is 2.00. The van der Waals surface area contributed by atoms with E-state index < -0.39 is 30.0 Å². The molecule has 4 rings (SSSR count). The fraction of sp³-hybridized carbons (Fsp3) is 0.310. The summed E-state index contributed by atoms with van der Waals surface area (Å²) in [5, 5.41) is 23.0. The Hall–Kier alpha value is -4.02. The summed E-state index contributed by atoms with van der Waals surface area (Å²) in [6, 6.07) is 21.7. The molecular formula is C29H33N5O4S. The summed E-state index contributed by atoms with van der Waals surface area (Å²) in [5.74, 6) is -2.17. The van der Waals surface area contributed by atoms with Crippen LogP contribution < -0.4 is 16.4 Å². The fourth-order valence-electron chi connectivity index (χ4n) is 5.14. The van der Waals surface area contributed by atoms with Crippen molar-refractivity contribution in [1.82, 2.24) is 15.5 Å². The van der Waals surface area contributed by atoms with Crippen molar-refractivity contribution in [2.45, 2.75) is 43.8 Å². The van der Waals surface area contributed by atoms with Crippen LogP contribution >= 0.6 is 11.3 Å². The number of amides is 2. The molecule has 0 unspecified atom stereocenters. The Balaban J connectivity index is 1.62. The highest BCUT2D eigenvalue weighted by molar-refractivity contribution is 7.14. The van der Waals surface area contributed by atoms with E-state index >= 15 is 0 Å². The first kappa shape index (κ1) is 28.0. The van der Waals surface area contributed by atoms with Crippen molar-refractivity contribution in [3.63, 3.8) is 0 Å². The van der Waals surface area contributed by atoms with Gasteiger partial charge < -0.3 is 21.1 Å². The van der Waals surface area contributed by atoms with E-state index in [1.165, 1.54) is 11.3 Å². The SMILES string of the molecule is C[C@@]1(C(=O)NCc2ccc(C(=N)N)s2)CCCN1C(=O)[C@H](NCC(=O)O)C(c1ccccc1)c1ccccc1. The van der Waals surface area contributed by atoms with Gasteiger partial charge in [-0.05, 0) is 43.0 Å². The second kappa shape index (κ2) is 12.2. The molecule has 6 N–H and O–H groups in total. The zero-order valence-corrected chi connectivity index (χ0v) is 22.5. The van der Waals surface area contributed by atoms with Crippen LogP contribution in [0.25, 0.3) is 0 Å². The van der Waals surface area contributed by atoms with Crippen molar-refractivity contribution < 1.29 is 19.5 Å². The van der Waals surface area contributed by atoms with E-state index in [9.17, 15) is 19.5 Å². The van der Waals surface area contributed by atoms with Crippen LogP contribution in [0.1, 0.15) is 46.6 Å². The van der Waals surface area contributed by atoms with Gasteiger partial charge in [0.2, 0.25) is 11.8 Å². The van der Waals surface area contributed by atoms with Crippen molar-refractivity contribution in [3.8, 4) is 0 Å². The van der Waals surface area contributed by atoms with Gasteiger partial charge in [0, 0.05) is 17.3 Å². The predicted octanol–water partition coefficient (Wildman–Crippen LogP) is 2.90. The van der Waals surface area contributed by atoms with Gasteiger partial charge in [-0.1, -0.05) is 60.7 Å². The topological polar surface area (TPSA) is 149 Å². The molecule has 39 heavy (non-hydrogen) atoms. The third-order valence-electron chi connectivity index (χ3n) is 7.14. The summed E-state index contributed by atoms with van der Waals surface area (Å²) in [5.41, 5.74) is 6.19. The average Bonchev–Trinajstić information content (AvgIpc) is 3.58. The van der Waals surface area contributed by atoms with Crippen LogP contribution in [0.3, 0.4) is 0 Å². The Morgan fingerprint density at radius 2 is 1.67 bits per heavy atom. The minimum Gasteiger partial charge on any atom is -0.480 e. The number of carbonyl (C=O) groups is 3. The molecular weight excluding hydrogens is 514 g/mol. The number of hydrogen-bond donors (Lipinski definition) is 5. The van der Waals surface area contributed by atoms with E-state index in [0.717, 1.165) is 16.0 Å². The first-order valence-electron chi connectivity index (χ1n) is 12.8. The molecule has 2 amide bonds. The maximum Gasteiger partial charge on any atom is 0.317 e. The van der Waals surface area contributed by atoms with E-state index in [1.54, 1.807) is 17.9 Å². The summed E-state index contributed by atoms with van der Waals surface area (Å²) in [6.07, 6.45) is 1.14. The lowest BCUT2D eigenvalue weighted by molar-refractivity contribution is -0.146. The number of thiophene rings is 1. The van der Waals surface area contributed by atoms with Crippen molar-refractivity contribution in [3.05, 3.63) is 93.7 Å². The molecule has 2 heterocycles. The van der Waals surface area contributed by atoms with Crippen molar-refractivity contribution >= 4 is 35.0 Å². The van der Waals surface area contributed by atoms with Gasteiger partial charge in [0.1, 0.15) is 11.4 Å². The quantitative estimate of drug-likeness (QED) is 0.184. The Labute approximate surface area is 231 Å². The number of carbonyl (C=O) groups excluding carboxylic acids is 2. The summed E-state index contributed by atoms with van der Waals surface area (Å²) >= 11 is 1.33. The van der Waals surface area contributed by atoms with E-state index in [2.05, 4.69) is 10.6 Å². The van der Waals surface area contributed by atoms with Gasteiger partial charge in [-0.15, -0.1) is 11.3 Å². The lowest BCUT2D eigenvalue weighted by Crippen LogP contribution is -2.60. The maximum atomic E-state index is 14.3. The number of aliphatic carboxylic acids is 1. The third-order valence-corrected chi connectivity index (χ3v) is 8.26. The number of rotatable bonds is 11. The molecule has 10 heteroatoms. The van der Waals surface area contributed by atoms with E-state index in [1.807, 2.05) is 66.7 Å². The van der Waals surface area contributed by atoms with Gasteiger partial charge in [0.05, 0.1) is 24.0 Å². The van der Waals surface area contributed by atoms with Gasteiger partial charge in [0.15, 0.2) is 0 Å². The van der Waals surface area contributed by atoms with Gasteiger partial charge in [-0.2, -0.15) is 0 Å². The highest BCUT2D eigenvalue weighted by atomic mass is 32.1. The van der Waals surface area contributed by atoms with Crippen molar-refractivity contribution in [1.29, 1.82) is 5.41 Å². The molecule has 3 aromatic rings. The highest BCUT2D eigenvalue weighted by Gasteiger charge is 2.48. The number of benzene rings is 2. The van der Waals surface area contributed by atoms with Gasteiger partial charge >= 0.3 is 5.97 Å². The van der Waals surface area contributed by atoms with Crippen LogP contribution in [0.2, 0.25) is 0 Å². The summed E-state index contributed by atoms with van der Waals surface area (Å²) in [4.78, 5) is 42.4. The zero-order valence-electron chi connectivity index (χ0n) is 21.7. The Bertz CT molecular complexity index is 1290. The van der Waals surface area contributed by atoms with Crippen molar-refractivity contribution in [2.75, 3.05) is 13.1 Å². The number of hydrogen-bond acceptors (Lipinski definition) is 6. The monoisotopic (exact) mass is 547 g/mol. The van der Waals surface area contributed by atoms with Crippen LogP contribution in [-0.2, 0) is 20.9 Å². The second-order valence-corrected chi connectivity index (χ2v) is 10.9. The lowest BCUT2D eigenvalue weighted by Gasteiger charge is -2.38. The molecule has 2 atom stereocenters. The molecule has 9 nitrogen and oxygen atoms in total. The third kappa shape index (κ3) is 6.35. The number of nitrogens with two attached hydrogens (primary N) is 1. The number of nitrogens with zero attached hydrogens (tertiary/aromatic N) is 1. The first-order chi connectivity index (χ1) is 18.7. The Morgan fingerprint density at radius 3 is 2.21 bits per heavy atom. The largest absolute Gasteiger partial charge is 0.480 e. The average molecular weight is 548 g/mol. The summed E-state index contributed by atoms with van der Waals surface area (Å²) in [7, 11) is 0. The molecule has 0 radical (unpaired) electrons. The predicted molar refractivity (Wildman–Crippen MR) is 151 cm³/mol. The second-order valence-electron chi connectivity index (χ2n) is 9.78. The number of nitrogens with one attached hydrogen (secondary N) is 3. The van der Waals surface area contributed by atoms with Gasteiger partial charge in [-0.3, -0.25) is 25.1 Å². The molecule has 1 aliphatic rings. The smallest absolute Gasteiger partial charge is 0.317 e. The lowest BCUT2D eigenvalue weighted by atomic mass is 9.83. The van der Waals surface area contributed by atoms with Crippen LogP contribution in [0.4, 0.5) is 0 Å². The standard InChI is InChI=1S/C29H33N5O4S/c1-29(28(38)33-17-21-13-14-22(39-21)26(30)31)15-8-16-34(29)27(37)25(32-18-23(35)36)24(19-9-4-2-5-10-19)20-11-6-3-7-12-20/h2-7,9-14,24-25,32H,8,15-18H2,1H3,(H3,30,31)(H,33,38)(H,35,36)/t25-,29+/m1/s1. The number of likely N-dealkylation sites (tertiary alicyclic amines) is 1. The van der Waals surface area contributed by atoms with E-state index in [0.29, 0.717) is 24.3 Å². The molecule has 0 saturated carbocycles. The fourth-order valence-corrected chi connectivity index (χ4v) is 5.95. The maximum absolute atomic E-state index is 14.3. The molecule has 0 bridgehead atoms. The molecule has 204 valence electrons. The Kier molecular flexibility index (Phi) is 8.78.